The summed E-state index contributed by atoms with van der Waals surface area (Å²) in [7, 11) is 0. The maximum Gasteiger partial charge on any atom is 0.0505 e. The number of nitrogens with one attached hydrogen (secondary N) is 2. The van der Waals surface area contributed by atoms with Gasteiger partial charge in [-0.15, -0.1) is 0 Å². The Balaban J connectivity index is 2.30. The van der Waals surface area contributed by atoms with Gasteiger partial charge in [-0.25, -0.2) is 5.43 Å². The molecule has 3 heteroatoms. The number of hydrazine groups is 1. The van der Waals surface area contributed by atoms with Crippen molar-refractivity contribution in [2.75, 3.05) is 6.54 Å². The SMILES string of the molecule is NC1CC=CC2=C1CNN2. The van der Waals surface area contributed by atoms with Crippen molar-refractivity contribution in [3.8, 4) is 0 Å². The Bertz CT molecular complexity index is 205. The van der Waals surface area contributed by atoms with Crippen LogP contribution in [-0.4, -0.2) is 12.6 Å². The number of hydrogen-bond acceptors (Lipinski definition) is 3. The summed E-state index contributed by atoms with van der Waals surface area (Å²) in [6, 6.07) is 0.225. The third-order valence-corrected chi connectivity index (χ3v) is 1.97. The molecule has 10 heavy (non-hydrogen) atoms. The number of hydrogen-bond donors (Lipinski definition) is 3. The Labute approximate surface area is 59.9 Å². The van der Waals surface area contributed by atoms with Gasteiger partial charge in [0.15, 0.2) is 0 Å². The molecule has 0 saturated carbocycles. The Hall–Kier alpha value is -0.800. The minimum Gasteiger partial charge on any atom is -0.324 e. The molecular formula is C7H11N3. The van der Waals surface area contributed by atoms with Crippen molar-refractivity contribution in [2.24, 2.45) is 5.73 Å². The molecule has 0 fully saturated rings. The molecule has 1 aliphatic heterocycles. The summed E-state index contributed by atoms with van der Waals surface area (Å²) >= 11 is 0. The molecule has 0 aromatic rings. The molecular weight excluding hydrogens is 126 g/mol. The van der Waals surface area contributed by atoms with Gasteiger partial charge in [-0.2, -0.15) is 0 Å². The first-order valence-corrected chi connectivity index (χ1v) is 3.52. The standard InChI is InChI=1S/C7H11N3/c8-6-2-1-3-7-5(6)4-9-10-7/h1,3,6,9-10H,2,4,8H2. The van der Waals surface area contributed by atoms with E-state index in [0.717, 1.165) is 13.0 Å². The highest BCUT2D eigenvalue weighted by Crippen LogP contribution is 2.17. The molecule has 1 unspecified atom stereocenters. The largest absolute Gasteiger partial charge is 0.324 e. The van der Waals surface area contributed by atoms with E-state index in [2.05, 4.69) is 23.0 Å². The van der Waals surface area contributed by atoms with Crippen LogP contribution in [0.4, 0.5) is 0 Å². The maximum absolute atomic E-state index is 5.83. The summed E-state index contributed by atoms with van der Waals surface area (Å²) < 4.78 is 0. The minimum atomic E-state index is 0.225. The quantitative estimate of drug-likeness (QED) is 0.427. The molecule has 54 valence electrons. The maximum atomic E-state index is 5.83. The fourth-order valence-electron chi connectivity index (χ4n) is 1.36. The van der Waals surface area contributed by atoms with Crippen molar-refractivity contribution in [3.05, 3.63) is 23.4 Å². The van der Waals surface area contributed by atoms with Crippen molar-refractivity contribution in [1.82, 2.24) is 10.9 Å². The smallest absolute Gasteiger partial charge is 0.0505 e. The molecule has 3 nitrogen and oxygen atoms in total. The number of allylic oxidation sites excluding steroid dienone is 1. The van der Waals surface area contributed by atoms with Crippen molar-refractivity contribution < 1.29 is 0 Å². The normalized spacial score (nSPS) is 30.3. The van der Waals surface area contributed by atoms with Gasteiger partial charge in [0.05, 0.1) is 5.70 Å². The lowest BCUT2D eigenvalue weighted by atomic mass is 9.99. The van der Waals surface area contributed by atoms with Gasteiger partial charge in [0.1, 0.15) is 0 Å². The summed E-state index contributed by atoms with van der Waals surface area (Å²) in [6.07, 6.45) is 5.16. The van der Waals surface area contributed by atoms with E-state index < -0.39 is 0 Å². The number of rotatable bonds is 0. The van der Waals surface area contributed by atoms with Crippen LogP contribution in [0.1, 0.15) is 6.42 Å². The zero-order chi connectivity index (χ0) is 6.97. The van der Waals surface area contributed by atoms with E-state index in [1.165, 1.54) is 11.3 Å². The Morgan fingerprint density at radius 3 is 3.30 bits per heavy atom. The monoisotopic (exact) mass is 137 g/mol. The van der Waals surface area contributed by atoms with Crippen LogP contribution in [0.5, 0.6) is 0 Å². The second kappa shape index (κ2) is 2.11. The molecule has 1 heterocycles. The molecule has 1 aliphatic carbocycles. The fourth-order valence-corrected chi connectivity index (χ4v) is 1.36. The molecule has 0 amide bonds. The van der Waals surface area contributed by atoms with Crippen LogP contribution in [0.25, 0.3) is 0 Å². The molecule has 1 atom stereocenters. The van der Waals surface area contributed by atoms with Gasteiger partial charge in [0, 0.05) is 12.6 Å². The molecule has 2 aliphatic rings. The molecule has 0 aromatic heterocycles. The van der Waals surface area contributed by atoms with E-state index in [-0.39, 0.29) is 6.04 Å². The van der Waals surface area contributed by atoms with Crippen LogP contribution in [0, 0.1) is 0 Å². The number of nitrogens with two attached hydrogens (primary N) is 1. The van der Waals surface area contributed by atoms with Crippen LogP contribution in [-0.2, 0) is 0 Å². The summed E-state index contributed by atoms with van der Waals surface area (Å²) in [5, 5.41) is 0. The predicted octanol–water partition coefficient (Wildman–Crippen LogP) is -0.365. The van der Waals surface area contributed by atoms with Crippen molar-refractivity contribution in [1.29, 1.82) is 0 Å². The van der Waals surface area contributed by atoms with E-state index >= 15 is 0 Å². The molecule has 0 radical (unpaired) electrons. The average Bonchev–Trinajstić information content (AvgIpc) is 2.36. The minimum absolute atomic E-state index is 0.225. The summed E-state index contributed by atoms with van der Waals surface area (Å²) in [5.74, 6) is 0. The Morgan fingerprint density at radius 1 is 1.60 bits per heavy atom. The average molecular weight is 137 g/mol. The molecule has 2 rings (SSSR count). The molecule has 0 spiro atoms. The first-order chi connectivity index (χ1) is 4.88. The van der Waals surface area contributed by atoms with E-state index in [1.54, 1.807) is 0 Å². The lowest BCUT2D eigenvalue weighted by Gasteiger charge is -2.14. The second-order valence-corrected chi connectivity index (χ2v) is 2.66. The first kappa shape index (κ1) is 5.95. The lowest BCUT2D eigenvalue weighted by Crippen LogP contribution is -2.26. The van der Waals surface area contributed by atoms with Gasteiger partial charge >= 0.3 is 0 Å². The Kier molecular flexibility index (Phi) is 1.25. The van der Waals surface area contributed by atoms with E-state index in [4.69, 9.17) is 5.73 Å². The predicted molar refractivity (Wildman–Crippen MR) is 39.9 cm³/mol. The van der Waals surface area contributed by atoms with E-state index in [0.29, 0.717) is 0 Å². The van der Waals surface area contributed by atoms with Crippen molar-refractivity contribution in [3.63, 3.8) is 0 Å². The molecule has 0 aromatic carbocycles. The van der Waals surface area contributed by atoms with E-state index in [9.17, 15) is 0 Å². The van der Waals surface area contributed by atoms with Crippen molar-refractivity contribution >= 4 is 0 Å². The summed E-state index contributed by atoms with van der Waals surface area (Å²) in [5.41, 5.74) is 14.4. The Morgan fingerprint density at radius 2 is 2.50 bits per heavy atom. The van der Waals surface area contributed by atoms with Crippen LogP contribution < -0.4 is 16.6 Å². The van der Waals surface area contributed by atoms with Crippen LogP contribution in [0.2, 0.25) is 0 Å². The van der Waals surface area contributed by atoms with E-state index in [1.807, 2.05) is 0 Å². The third-order valence-electron chi connectivity index (χ3n) is 1.97. The van der Waals surface area contributed by atoms with Crippen LogP contribution >= 0.6 is 0 Å². The second-order valence-electron chi connectivity index (χ2n) is 2.66. The van der Waals surface area contributed by atoms with Gasteiger partial charge in [-0.1, -0.05) is 6.08 Å². The van der Waals surface area contributed by atoms with Gasteiger partial charge in [0.25, 0.3) is 0 Å². The first-order valence-electron chi connectivity index (χ1n) is 3.52. The molecule has 4 N–H and O–H groups in total. The summed E-state index contributed by atoms with van der Waals surface area (Å²) in [4.78, 5) is 0. The third kappa shape index (κ3) is 0.751. The van der Waals surface area contributed by atoms with Crippen LogP contribution in [0.15, 0.2) is 23.4 Å². The lowest BCUT2D eigenvalue weighted by molar-refractivity contribution is 0.694. The fraction of sp³-hybridized carbons (Fsp3) is 0.429. The highest BCUT2D eigenvalue weighted by Gasteiger charge is 2.19. The molecule has 0 saturated heterocycles. The van der Waals surface area contributed by atoms with Gasteiger partial charge in [-0.05, 0) is 18.1 Å². The van der Waals surface area contributed by atoms with Crippen LogP contribution in [0.3, 0.4) is 0 Å². The summed E-state index contributed by atoms with van der Waals surface area (Å²) in [6.45, 7) is 0.890. The van der Waals surface area contributed by atoms with Crippen molar-refractivity contribution in [2.45, 2.75) is 12.5 Å². The molecule has 0 bridgehead atoms. The highest BCUT2D eigenvalue weighted by atomic mass is 15.4. The highest BCUT2D eigenvalue weighted by molar-refractivity contribution is 5.35. The van der Waals surface area contributed by atoms with Gasteiger partial charge < -0.3 is 11.2 Å². The van der Waals surface area contributed by atoms with Gasteiger partial charge in [-0.3, -0.25) is 0 Å². The zero-order valence-electron chi connectivity index (χ0n) is 5.72. The zero-order valence-corrected chi connectivity index (χ0v) is 5.72. The van der Waals surface area contributed by atoms with Gasteiger partial charge in [0.2, 0.25) is 0 Å². The topological polar surface area (TPSA) is 50.1 Å².